The van der Waals surface area contributed by atoms with E-state index in [1.54, 1.807) is 6.92 Å². The highest BCUT2D eigenvalue weighted by Gasteiger charge is 2.45. The molecule has 0 spiro atoms. The number of carbonyl (C=O) groups excluding carboxylic acids is 1. The van der Waals surface area contributed by atoms with Gasteiger partial charge in [0.25, 0.3) is 0 Å². The molecule has 5 heteroatoms. The second-order valence-electron chi connectivity index (χ2n) is 6.07. The van der Waals surface area contributed by atoms with Crippen LogP contribution >= 0.6 is 0 Å². The largest absolute Gasteiger partial charge is 0.465 e. The van der Waals surface area contributed by atoms with Gasteiger partial charge in [-0.25, -0.2) is 4.79 Å². The third-order valence-corrected chi connectivity index (χ3v) is 4.53. The molecular weight excluding hydrogens is 304 g/mol. The summed E-state index contributed by atoms with van der Waals surface area (Å²) in [5, 5.41) is 12.7. The van der Waals surface area contributed by atoms with Crippen LogP contribution in [0, 0.1) is 5.92 Å². The third-order valence-electron chi connectivity index (χ3n) is 4.53. The van der Waals surface area contributed by atoms with Crippen molar-refractivity contribution in [2.24, 2.45) is 5.92 Å². The standard InChI is InChI=1S/C19H20N2O3/c1-13-17(16(20-18(13)22)15-10-6-3-7-11-15)21(19(23)24)12-14-8-4-2-5-9-14/h2-11,13,16-17H,12H2,1H3,(H,20,22)(H,23,24)/t13-,16+,17-/m0/s1. The summed E-state index contributed by atoms with van der Waals surface area (Å²) in [6, 6.07) is 18.2. The van der Waals surface area contributed by atoms with E-state index < -0.39 is 18.1 Å². The molecule has 0 bridgehead atoms. The van der Waals surface area contributed by atoms with Gasteiger partial charge in [0, 0.05) is 6.54 Å². The summed E-state index contributed by atoms with van der Waals surface area (Å²) in [5.74, 6) is -0.525. The lowest BCUT2D eigenvalue weighted by Gasteiger charge is -2.32. The third kappa shape index (κ3) is 3.11. The first-order valence-electron chi connectivity index (χ1n) is 7.96. The van der Waals surface area contributed by atoms with E-state index in [0.29, 0.717) is 0 Å². The first-order chi connectivity index (χ1) is 11.6. The molecule has 1 aliphatic rings. The maximum Gasteiger partial charge on any atom is 0.407 e. The molecule has 3 atom stereocenters. The highest BCUT2D eigenvalue weighted by atomic mass is 16.4. The second-order valence-corrected chi connectivity index (χ2v) is 6.07. The number of benzene rings is 2. The summed E-state index contributed by atoms with van der Waals surface area (Å²) in [6.45, 7) is 2.04. The number of carboxylic acid groups (broad SMARTS) is 1. The average Bonchev–Trinajstić information content (AvgIpc) is 2.89. The maximum absolute atomic E-state index is 12.2. The number of hydrogen-bond donors (Lipinski definition) is 2. The number of nitrogens with zero attached hydrogens (tertiary/aromatic N) is 1. The Labute approximate surface area is 140 Å². The Morgan fingerprint density at radius 1 is 1.08 bits per heavy atom. The zero-order valence-electron chi connectivity index (χ0n) is 13.4. The molecule has 0 radical (unpaired) electrons. The van der Waals surface area contributed by atoms with Crippen LogP contribution in [0.25, 0.3) is 0 Å². The van der Waals surface area contributed by atoms with Crippen LogP contribution in [0.5, 0.6) is 0 Å². The van der Waals surface area contributed by atoms with Crippen LogP contribution in [0.1, 0.15) is 24.1 Å². The predicted octanol–water partition coefficient (Wildman–Crippen LogP) is 3.04. The summed E-state index contributed by atoms with van der Waals surface area (Å²) < 4.78 is 0. The molecule has 1 fully saturated rings. The van der Waals surface area contributed by atoms with Crippen LogP contribution in [0.15, 0.2) is 60.7 Å². The topological polar surface area (TPSA) is 69.6 Å². The molecule has 1 saturated heterocycles. The fraction of sp³-hybridized carbons (Fsp3) is 0.263. The molecule has 0 aromatic heterocycles. The van der Waals surface area contributed by atoms with Crippen molar-refractivity contribution in [2.45, 2.75) is 25.6 Å². The van der Waals surface area contributed by atoms with Gasteiger partial charge in [0.15, 0.2) is 0 Å². The second kappa shape index (κ2) is 6.74. The normalized spacial score (nSPS) is 22.9. The fourth-order valence-electron chi connectivity index (χ4n) is 3.29. The van der Waals surface area contributed by atoms with Gasteiger partial charge in [-0.15, -0.1) is 0 Å². The Kier molecular flexibility index (Phi) is 4.51. The van der Waals surface area contributed by atoms with E-state index in [-0.39, 0.29) is 18.5 Å². The Morgan fingerprint density at radius 3 is 2.25 bits per heavy atom. The first kappa shape index (κ1) is 16.1. The maximum atomic E-state index is 12.2. The number of hydrogen-bond acceptors (Lipinski definition) is 2. The van der Waals surface area contributed by atoms with Crippen molar-refractivity contribution < 1.29 is 14.7 Å². The van der Waals surface area contributed by atoms with Gasteiger partial charge in [-0.3, -0.25) is 9.69 Å². The van der Waals surface area contributed by atoms with E-state index >= 15 is 0 Å². The Morgan fingerprint density at radius 2 is 1.67 bits per heavy atom. The number of nitrogens with one attached hydrogen (secondary N) is 1. The van der Waals surface area contributed by atoms with Gasteiger partial charge in [-0.2, -0.15) is 0 Å². The van der Waals surface area contributed by atoms with Gasteiger partial charge < -0.3 is 10.4 Å². The van der Waals surface area contributed by atoms with Gasteiger partial charge >= 0.3 is 6.09 Å². The number of carbonyl (C=O) groups is 2. The van der Waals surface area contributed by atoms with Crippen molar-refractivity contribution in [3.05, 3.63) is 71.8 Å². The van der Waals surface area contributed by atoms with Gasteiger partial charge in [-0.05, 0) is 11.1 Å². The smallest absolute Gasteiger partial charge is 0.407 e. The zero-order chi connectivity index (χ0) is 17.1. The minimum absolute atomic E-state index is 0.117. The molecule has 0 aliphatic carbocycles. The average molecular weight is 324 g/mol. The van der Waals surface area contributed by atoms with Gasteiger partial charge in [-0.1, -0.05) is 67.6 Å². The fourth-order valence-corrected chi connectivity index (χ4v) is 3.29. The highest BCUT2D eigenvalue weighted by Crippen LogP contribution is 2.33. The summed E-state index contributed by atoms with van der Waals surface area (Å²) in [7, 11) is 0. The van der Waals surface area contributed by atoms with Crippen molar-refractivity contribution >= 4 is 12.0 Å². The van der Waals surface area contributed by atoms with Crippen molar-refractivity contribution in [3.63, 3.8) is 0 Å². The van der Waals surface area contributed by atoms with Crippen LogP contribution in [0.4, 0.5) is 4.79 Å². The Bertz CT molecular complexity index is 718. The van der Waals surface area contributed by atoms with Gasteiger partial charge in [0.1, 0.15) is 0 Å². The molecule has 24 heavy (non-hydrogen) atoms. The summed E-state index contributed by atoms with van der Waals surface area (Å²) in [6.07, 6.45) is -1.02. The van der Waals surface area contributed by atoms with E-state index in [9.17, 15) is 14.7 Å². The predicted molar refractivity (Wildman–Crippen MR) is 90.3 cm³/mol. The van der Waals surface area contributed by atoms with E-state index in [1.807, 2.05) is 60.7 Å². The molecule has 0 unspecified atom stereocenters. The summed E-state index contributed by atoms with van der Waals surface area (Å²) in [4.78, 5) is 25.5. The molecule has 0 saturated carbocycles. The monoisotopic (exact) mass is 324 g/mol. The molecular formula is C19H20N2O3. The minimum atomic E-state index is -1.02. The lowest BCUT2D eigenvalue weighted by molar-refractivity contribution is -0.122. The molecule has 124 valence electrons. The lowest BCUT2D eigenvalue weighted by atomic mass is 9.93. The molecule has 5 nitrogen and oxygen atoms in total. The molecule has 3 rings (SSSR count). The molecule has 2 amide bonds. The van der Waals surface area contributed by atoms with Crippen molar-refractivity contribution in [2.75, 3.05) is 0 Å². The Hall–Kier alpha value is -2.82. The lowest BCUT2D eigenvalue weighted by Crippen LogP contribution is -2.44. The molecule has 1 heterocycles. The first-order valence-corrected chi connectivity index (χ1v) is 7.96. The van der Waals surface area contributed by atoms with Crippen molar-refractivity contribution in [1.82, 2.24) is 10.2 Å². The number of rotatable bonds is 4. The van der Waals surface area contributed by atoms with Crippen LogP contribution in [-0.2, 0) is 11.3 Å². The van der Waals surface area contributed by atoms with Crippen molar-refractivity contribution in [3.8, 4) is 0 Å². The molecule has 2 aromatic carbocycles. The van der Waals surface area contributed by atoms with E-state index in [4.69, 9.17) is 0 Å². The highest BCUT2D eigenvalue weighted by molar-refractivity contribution is 5.83. The van der Waals surface area contributed by atoms with Crippen LogP contribution < -0.4 is 5.32 Å². The minimum Gasteiger partial charge on any atom is -0.465 e. The van der Waals surface area contributed by atoms with Crippen LogP contribution in [-0.4, -0.2) is 28.0 Å². The summed E-state index contributed by atoms with van der Waals surface area (Å²) >= 11 is 0. The Balaban J connectivity index is 1.94. The van der Waals surface area contributed by atoms with E-state index in [0.717, 1.165) is 11.1 Å². The SMILES string of the molecule is C[C@@H]1C(=O)N[C@H](c2ccccc2)[C@H]1N(Cc1ccccc1)C(=O)O. The zero-order valence-corrected chi connectivity index (χ0v) is 13.4. The van der Waals surface area contributed by atoms with Crippen LogP contribution in [0.2, 0.25) is 0 Å². The van der Waals surface area contributed by atoms with Gasteiger partial charge in [0.05, 0.1) is 18.0 Å². The van der Waals surface area contributed by atoms with E-state index in [2.05, 4.69) is 5.32 Å². The molecule has 2 N–H and O–H groups in total. The van der Waals surface area contributed by atoms with Crippen molar-refractivity contribution in [1.29, 1.82) is 0 Å². The quantitative estimate of drug-likeness (QED) is 0.908. The summed E-state index contributed by atoms with van der Waals surface area (Å²) in [5.41, 5.74) is 1.82. The van der Waals surface area contributed by atoms with Gasteiger partial charge in [0.2, 0.25) is 5.91 Å². The number of amides is 2. The van der Waals surface area contributed by atoms with E-state index in [1.165, 1.54) is 4.90 Å². The molecule has 2 aromatic rings. The van der Waals surface area contributed by atoms with Crippen LogP contribution in [0.3, 0.4) is 0 Å². The molecule has 1 aliphatic heterocycles.